The van der Waals surface area contributed by atoms with Gasteiger partial charge in [0.15, 0.2) is 18.1 Å². The lowest BCUT2D eigenvalue weighted by molar-refractivity contribution is -0.119. The highest BCUT2D eigenvalue weighted by Crippen LogP contribution is 2.34. The van der Waals surface area contributed by atoms with Gasteiger partial charge in [-0.1, -0.05) is 36.4 Å². The highest BCUT2D eigenvalue weighted by molar-refractivity contribution is 6.08. The number of ether oxygens (including phenoxy) is 3. The summed E-state index contributed by atoms with van der Waals surface area (Å²) in [4.78, 5) is 24.7. The van der Waals surface area contributed by atoms with Crippen molar-refractivity contribution < 1.29 is 28.2 Å². The number of carbonyl (C=O) groups excluding carboxylic acids is 2. The van der Waals surface area contributed by atoms with E-state index in [1.54, 1.807) is 25.1 Å². The summed E-state index contributed by atoms with van der Waals surface area (Å²) in [6.07, 6.45) is 0. The molecule has 7 heteroatoms. The third kappa shape index (κ3) is 3.10. The molecule has 4 aromatic rings. The van der Waals surface area contributed by atoms with Crippen molar-refractivity contribution in [3.63, 3.8) is 0 Å². The number of hydrogen-bond acceptors (Lipinski definition) is 6. The molecule has 0 atom stereocenters. The highest BCUT2D eigenvalue weighted by Gasteiger charge is 2.21. The summed E-state index contributed by atoms with van der Waals surface area (Å²) >= 11 is 0. The first kappa shape index (κ1) is 18.1. The van der Waals surface area contributed by atoms with Crippen molar-refractivity contribution in [2.24, 2.45) is 0 Å². The molecule has 0 radical (unpaired) electrons. The van der Waals surface area contributed by atoms with Crippen molar-refractivity contribution in [3.8, 4) is 11.5 Å². The van der Waals surface area contributed by atoms with Crippen LogP contribution in [0.15, 0.2) is 59.0 Å². The van der Waals surface area contributed by atoms with Crippen LogP contribution >= 0.6 is 0 Å². The van der Waals surface area contributed by atoms with Crippen LogP contribution in [0.5, 0.6) is 11.5 Å². The molecule has 0 saturated heterocycles. The average Bonchev–Trinajstić information content (AvgIpc) is 3.36. The third-order valence-corrected chi connectivity index (χ3v) is 5.00. The first-order valence-electron chi connectivity index (χ1n) is 9.37. The molecule has 0 fully saturated rings. The van der Waals surface area contributed by atoms with Crippen LogP contribution in [0.3, 0.4) is 0 Å². The van der Waals surface area contributed by atoms with Crippen LogP contribution in [-0.2, 0) is 9.53 Å². The lowest BCUT2D eigenvalue weighted by atomic mass is 10.1. The molecule has 5 rings (SSSR count). The van der Waals surface area contributed by atoms with Crippen LogP contribution in [0, 0.1) is 6.92 Å². The largest absolute Gasteiger partial charge is 0.454 e. The lowest BCUT2D eigenvalue weighted by Gasteiger charge is -2.07. The molecule has 0 bridgehead atoms. The Morgan fingerprint density at radius 3 is 2.73 bits per heavy atom. The van der Waals surface area contributed by atoms with E-state index in [2.05, 4.69) is 5.32 Å². The Bertz CT molecular complexity index is 1310. The summed E-state index contributed by atoms with van der Waals surface area (Å²) < 4.78 is 21.5. The molecule has 0 saturated carbocycles. The minimum Gasteiger partial charge on any atom is -0.454 e. The first-order valence-corrected chi connectivity index (χ1v) is 9.37. The number of hydrogen-bond donors (Lipinski definition) is 1. The molecule has 1 N–H and O–H groups in total. The number of carbonyl (C=O) groups is 2. The molecular weight excluding hydrogens is 386 g/mol. The van der Waals surface area contributed by atoms with Crippen molar-refractivity contribution in [1.82, 2.24) is 0 Å². The Morgan fingerprint density at radius 1 is 1.00 bits per heavy atom. The number of rotatable bonds is 4. The maximum Gasteiger partial charge on any atom is 0.375 e. The summed E-state index contributed by atoms with van der Waals surface area (Å²) in [7, 11) is 0. The van der Waals surface area contributed by atoms with E-state index in [1.165, 1.54) is 0 Å². The quantitative estimate of drug-likeness (QED) is 0.508. The van der Waals surface area contributed by atoms with Crippen molar-refractivity contribution in [3.05, 3.63) is 65.9 Å². The third-order valence-electron chi connectivity index (χ3n) is 5.00. The molecule has 1 amide bonds. The first-order chi connectivity index (χ1) is 14.6. The van der Waals surface area contributed by atoms with Gasteiger partial charge in [-0.25, -0.2) is 4.79 Å². The van der Waals surface area contributed by atoms with Gasteiger partial charge >= 0.3 is 5.97 Å². The van der Waals surface area contributed by atoms with Gasteiger partial charge in [0.05, 0.1) is 0 Å². The summed E-state index contributed by atoms with van der Waals surface area (Å²) in [5, 5.41) is 5.43. The van der Waals surface area contributed by atoms with Crippen molar-refractivity contribution in [2.45, 2.75) is 6.92 Å². The molecule has 2 heterocycles. The second-order valence-corrected chi connectivity index (χ2v) is 6.91. The topological polar surface area (TPSA) is 87.0 Å². The monoisotopic (exact) mass is 403 g/mol. The number of esters is 1. The summed E-state index contributed by atoms with van der Waals surface area (Å²) in [5.74, 6) is 0.106. The van der Waals surface area contributed by atoms with Gasteiger partial charge < -0.3 is 23.9 Å². The zero-order valence-electron chi connectivity index (χ0n) is 16.1. The predicted octanol–water partition coefficient (Wildman–Crippen LogP) is 4.42. The molecule has 1 aromatic heterocycles. The molecule has 0 unspecified atom stereocenters. The van der Waals surface area contributed by atoms with Crippen LogP contribution in [0.4, 0.5) is 5.69 Å². The maximum absolute atomic E-state index is 12.5. The fraction of sp³-hybridized carbons (Fsp3) is 0.130. The Kier molecular flexibility index (Phi) is 4.28. The van der Waals surface area contributed by atoms with Gasteiger partial charge in [-0.15, -0.1) is 0 Å². The minimum absolute atomic E-state index is 0.0947. The molecule has 7 nitrogen and oxygen atoms in total. The number of amides is 1. The minimum atomic E-state index is -0.686. The molecule has 1 aliphatic heterocycles. The Labute approximate surface area is 171 Å². The van der Waals surface area contributed by atoms with Crippen molar-refractivity contribution >= 4 is 39.3 Å². The number of anilines is 1. The van der Waals surface area contributed by atoms with Gasteiger partial charge in [0.1, 0.15) is 5.58 Å². The predicted molar refractivity (Wildman–Crippen MR) is 110 cm³/mol. The molecular formula is C23H17NO6. The van der Waals surface area contributed by atoms with Gasteiger partial charge in [-0.2, -0.15) is 0 Å². The highest BCUT2D eigenvalue weighted by atomic mass is 16.7. The molecule has 0 spiro atoms. The fourth-order valence-electron chi connectivity index (χ4n) is 3.51. The molecule has 0 aliphatic carbocycles. The number of nitrogens with one attached hydrogen (secondary N) is 1. The number of fused-ring (bicyclic) bond motifs is 4. The molecule has 1 aliphatic rings. The van der Waals surface area contributed by atoms with E-state index < -0.39 is 18.5 Å². The zero-order valence-corrected chi connectivity index (χ0v) is 16.1. The smallest absolute Gasteiger partial charge is 0.375 e. The summed E-state index contributed by atoms with van der Waals surface area (Å²) in [6.45, 7) is 1.50. The Morgan fingerprint density at radius 2 is 1.83 bits per heavy atom. The van der Waals surface area contributed by atoms with E-state index in [0.717, 1.165) is 16.2 Å². The second-order valence-electron chi connectivity index (χ2n) is 6.91. The van der Waals surface area contributed by atoms with Gasteiger partial charge in [-0.3, -0.25) is 4.79 Å². The lowest BCUT2D eigenvalue weighted by Crippen LogP contribution is -2.21. The maximum atomic E-state index is 12.5. The van der Waals surface area contributed by atoms with Crippen LogP contribution in [0.1, 0.15) is 16.1 Å². The van der Waals surface area contributed by atoms with Crippen LogP contribution < -0.4 is 14.8 Å². The molecule has 150 valence electrons. The van der Waals surface area contributed by atoms with Crippen molar-refractivity contribution in [2.75, 3.05) is 18.7 Å². The number of benzene rings is 3. The van der Waals surface area contributed by atoms with Crippen LogP contribution in [0.2, 0.25) is 0 Å². The number of furan rings is 1. The fourth-order valence-corrected chi connectivity index (χ4v) is 3.51. The average molecular weight is 403 g/mol. The summed E-state index contributed by atoms with van der Waals surface area (Å²) in [5.41, 5.74) is 1.82. The Balaban J connectivity index is 1.30. The number of aryl methyl sites for hydroxylation is 1. The van der Waals surface area contributed by atoms with Gasteiger partial charge in [0, 0.05) is 28.1 Å². The normalized spacial score (nSPS) is 12.3. The van der Waals surface area contributed by atoms with Gasteiger partial charge in [0.25, 0.3) is 5.91 Å². The van der Waals surface area contributed by atoms with E-state index in [-0.39, 0.29) is 12.6 Å². The molecule has 3 aromatic carbocycles. The molecule has 30 heavy (non-hydrogen) atoms. The van der Waals surface area contributed by atoms with E-state index >= 15 is 0 Å². The van der Waals surface area contributed by atoms with Crippen LogP contribution in [-0.4, -0.2) is 25.3 Å². The second kappa shape index (κ2) is 7.11. The van der Waals surface area contributed by atoms with E-state index in [0.29, 0.717) is 28.3 Å². The van der Waals surface area contributed by atoms with Crippen LogP contribution in [0.25, 0.3) is 21.7 Å². The van der Waals surface area contributed by atoms with Gasteiger partial charge in [-0.05, 0) is 24.4 Å². The Hall–Kier alpha value is -4.00. The SMILES string of the molecule is Cc1c(C(=O)OCC(=O)Nc2ccc3c(c2)OCO3)oc2c1ccc1ccccc12. The standard InChI is InChI=1S/C23H17NO6/c1-13-16-8-6-14-4-2-3-5-17(14)22(16)30-21(13)23(26)27-11-20(25)24-15-7-9-18-19(10-15)29-12-28-18/h2-10H,11-12H2,1H3,(H,24,25). The van der Waals surface area contributed by atoms with Crippen molar-refractivity contribution in [1.29, 1.82) is 0 Å². The summed E-state index contributed by atoms with van der Waals surface area (Å²) in [6, 6.07) is 16.7. The van der Waals surface area contributed by atoms with Gasteiger partial charge in [0.2, 0.25) is 12.6 Å². The zero-order chi connectivity index (χ0) is 20.7. The van der Waals surface area contributed by atoms with E-state index in [9.17, 15) is 9.59 Å². The van der Waals surface area contributed by atoms with E-state index in [4.69, 9.17) is 18.6 Å². The van der Waals surface area contributed by atoms with E-state index in [1.807, 2.05) is 36.4 Å².